The van der Waals surface area contributed by atoms with E-state index in [9.17, 15) is 4.79 Å². The van der Waals surface area contributed by atoms with Gasteiger partial charge in [-0.15, -0.1) is 0 Å². The van der Waals surface area contributed by atoms with Gasteiger partial charge in [-0.3, -0.25) is 5.41 Å². The summed E-state index contributed by atoms with van der Waals surface area (Å²) in [4.78, 5) is 10.8. The minimum atomic E-state index is -0.501. The molecule has 0 saturated carbocycles. The van der Waals surface area contributed by atoms with Crippen molar-refractivity contribution in [2.45, 2.75) is 26.7 Å². The van der Waals surface area contributed by atoms with Gasteiger partial charge in [0.05, 0.1) is 7.11 Å². The van der Waals surface area contributed by atoms with E-state index in [1.165, 1.54) is 7.11 Å². The fraction of sp³-hybridized carbons (Fsp3) is 0.750. The van der Waals surface area contributed by atoms with Gasteiger partial charge in [-0.25, -0.2) is 4.79 Å². The highest BCUT2D eigenvalue weighted by Gasteiger charge is 2.17. The number of methoxy groups -OCH3 is 1. The van der Waals surface area contributed by atoms with Crippen LogP contribution in [0, 0.1) is 11.3 Å². The van der Waals surface area contributed by atoms with Crippen molar-refractivity contribution >= 4 is 11.7 Å². The Morgan fingerprint density at radius 1 is 1.45 bits per heavy atom. The molecule has 0 fully saturated rings. The fourth-order valence-electron chi connectivity index (χ4n) is 0.974. The van der Waals surface area contributed by atoms with Gasteiger partial charge < -0.3 is 4.74 Å². The predicted octanol–water partition coefficient (Wildman–Crippen LogP) is 1.62. The van der Waals surface area contributed by atoms with Gasteiger partial charge in [0.2, 0.25) is 0 Å². The van der Waals surface area contributed by atoms with Crippen molar-refractivity contribution in [1.29, 1.82) is 5.41 Å². The molecular weight excluding hydrogens is 142 g/mol. The van der Waals surface area contributed by atoms with Crippen molar-refractivity contribution in [3.63, 3.8) is 0 Å². The Kier molecular flexibility index (Phi) is 4.50. The Labute approximate surface area is 67.3 Å². The van der Waals surface area contributed by atoms with Gasteiger partial charge in [-0.1, -0.05) is 13.8 Å². The second-order valence-corrected chi connectivity index (χ2v) is 2.42. The third kappa shape index (κ3) is 2.70. The maximum absolute atomic E-state index is 10.8. The number of ether oxygens (including phenoxy) is 1. The van der Waals surface area contributed by atoms with Crippen molar-refractivity contribution in [2.75, 3.05) is 7.11 Å². The quantitative estimate of drug-likeness (QED) is 0.498. The number of carbonyl (C=O) groups excluding carboxylic acids is 1. The number of rotatable bonds is 4. The SMILES string of the molecule is CCC(CC)C(=N)C(=O)OC. The summed E-state index contributed by atoms with van der Waals surface area (Å²) >= 11 is 0. The summed E-state index contributed by atoms with van der Waals surface area (Å²) in [6.45, 7) is 3.93. The number of hydrogen-bond acceptors (Lipinski definition) is 3. The second-order valence-electron chi connectivity index (χ2n) is 2.42. The highest BCUT2D eigenvalue weighted by atomic mass is 16.5. The normalized spacial score (nSPS) is 9.82. The lowest BCUT2D eigenvalue weighted by molar-refractivity contribution is -0.133. The van der Waals surface area contributed by atoms with Crippen LogP contribution < -0.4 is 0 Å². The van der Waals surface area contributed by atoms with Gasteiger partial charge in [0.25, 0.3) is 0 Å². The molecule has 0 aromatic rings. The Hall–Kier alpha value is -0.860. The maximum Gasteiger partial charge on any atom is 0.351 e. The highest BCUT2D eigenvalue weighted by Crippen LogP contribution is 2.09. The topological polar surface area (TPSA) is 50.2 Å². The van der Waals surface area contributed by atoms with Crippen LogP contribution in [0.25, 0.3) is 0 Å². The van der Waals surface area contributed by atoms with E-state index >= 15 is 0 Å². The Bertz CT molecular complexity index is 150. The van der Waals surface area contributed by atoms with E-state index in [2.05, 4.69) is 4.74 Å². The third-order valence-corrected chi connectivity index (χ3v) is 1.80. The van der Waals surface area contributed by atoms with Crippen molar-refractivity contribution < 1.29 is 9.53 Å². The Balaban J connectivity index is 4.09. The molecule has 11 heavy (non-hydrogen) atoms. The monoisotopic (exact) mass is 157 g/mol. The van der Waals surface area contributed by atoms with Gasteiger partial charge in [0, 0.05) is 5.92 Å². The van der Waals surface area contributed by atoms with Gasteiger partial charge >= 0.3 is 5.97 Å². The molecule has 0 aromatic heterocycles. The van der Waals surface area contributed by atoms with Crippen LogP contribution in [0.3, 0.4) is 0 Å². The molecule has 0 spiro atoms. The second kappa shape index (κ2) is 4.88. The Morgan fingerprint density at radius 3 is 2.18 bits per heavy atom. The lowest BCUT2D eigenvalue weighted by Gasteiger charge is -2.10. The van der Waals surface area contributed by atoms with Crippen molar-refractivity contribution in [3.05, 3.63) is 0 Å². The van der Waals surface area contributed by atoms with Crippen molar-refractivity contribution in [2.24, 2.45) is 5.92 Å². The number of hydrogen-bond donors (Lipinski definition) is 1. The van der Waals surface area contributed by atoms with Crippen LogP contribution in [0.15, 0.2) is 0 Å². The standard InChI is InChI=1S/C8H15NO2/c1-4-6(5-2)7(9)8(10)11-3/h6,9H,4-5H2,1-3H3. The summed E-state index contributed by atoms with van der Waals surface area (Å²) in [6.07, 6.45) is 1.65. The zero-order valence-corrected chi connectivity index (χ0v) is 7.31. The summed E-state index contributed by atoms with van der Waals surface area (Å²) in [5.41, 5.74) is 0.0949. The van der Waals surface area contributed by atoms with Crippen LogP contribution in [-0.2, 0) is 9.53 Å². The van der Waals surface area contributed by atoms with Gasteiger partial charge in [0.15, 0.2) is 0 Å². The fourth-order valence-corrected chi connectivity index (χ4v) is 0.974. The van der Waals surface area contributed by atoms with Crippen LogP contribution in [0.5, 0.6) is 0 Å². The van der Waals surface area contributed by atoms with Gasteiger partial charge in [-0.05, 0) is 12.8 Å². The summed E-state index contributed by atoms with van der Waals surface area (Å²) in [5.74, 6) is -0.443. The summed E-state index contributed by atoms with van der Waals surface area (Å²) < 4.78 is 4.43. The van der Waals surface area contributed by atoms with Crippen LogP contribution in [0.1, 0.15) is 26.7 Å². The van der Waals surface area contributed by atoms with Crippen LogP contribution in [0.4, 0.5) is 0 Å². The zero-order valence-electron chi connectivity index (χ0n) is 7.31. The molecule has 0 saturated heterocycles. The van der Waals surface area contributed by atoms with Crippen molar-refractivity contribution in [1.82, 2.24) is 0 Å². The number of nitrogens with one attached hydrogen (secondary N) is 1. The molecule has 1 N–H and O–H groups in total. The molecular formula is C8H15NO2. The van der Waals surface area contributed by atoms with E-state index in [0.29, 0.717) is 0 Å². The first-order valence-corrected chi connectivity index (χ1v) is 3.84. The van der Waals surface area contributed by atoms with Crippen molar-refractivity contribution in [3.8, 4) is 0 Å². The predicted molar refractivity (Wildman–Crippen MR) is 43.8 cm³/mol. The molecule has 0 aliphatic carbocycles. The minimum Gasteiger partial charge on any atom is -0.465 e. The lowest BCUT2D eigenvalue weighted by atomic mass is 9.98. The molecule has 0 radical (unpaired) electrons. The number of esters is 1. The average molecular weight is 157 g/mol. The van der Waals surface area contributed by atoms with E-state index in [4.69, 9.17) is 5.41 Å². The molecule has 0 heterocycles. The first-order chi connectivity index (χ1) is 5.17. The maximum atomic E-state index is 10.8. The molecule has 0 aromatic carbocycles. The largest absolute Gasteiger partial charge is 0.465 e. The molecule has 0 bridgehead atoms. The van der Waals surface area contributed by atoms with Gasteiger partial charge in [-0.2, -0.15) is 0 Å². The van der Waals surface area contributed by atoms with E-state index in [0.717, 1.165) is 12.8 Å². The summed E-state index contributed by atoms with van der Waals surface area (Å²) in [5, 5.41) is 7.38. The molecule has 0 amide bonds. The molecule has 0 unspecified atom stereocenters. The van der Waals surface area contributed by atoms with E-state index in [1.54, 1.807) is 0 Å². The molecule has 0 aliphatic rings. The van der Waals surface area contributed by atoms with Crippen LogP contribution in [0.2, 0.25) is 0 Å². The highest BCUT2D eigenvalue weighted by molar-refractivity contribution is 6.35. The molecule has 0 rings (SSSR count). The van der Waals surface area contributed by atoms with Crippen LogP contribution in [-0.4, -0.2) is 18.8 Å². The first-order valence-electron chi connectivity index (χ1n) is 3.84. The lowest BCUT2D eigenvalue weighted by Crippen LogP contribution is -2.23. The number of carbonyl (C=O) groups is 1. The summed E-state index contributed by atoms with van der Waals surface area (Å²) in [6, 6.07) is 0. The summed E-state index contributed by atoms with van der Waals surface area (Å²) in [7, 11) is 1.30. The average Bonchev–Trinajstić information content (AvgIpc) is 2.05. The smallest absolute Gasteiger partial charge is 0.351 e. The molecule has 0 atom stereocenters. The third-order valence-electron chi connectivity index (χ3n) is 1.80. The molecule has 3 nitrogen and oxygen atoms in total. The Morgan fingerprint density at radius 2 is 1.91 bits per heavy atom. The van der Waals surface area contributed by atoms with E-state index in [1.807, 2.05) is 13.8 Å². The van der Waals surface area contributed by atoms with E-state index in [-0.39, 0.29) is 11.6 Å². The molecule has 64 valence electrons. The van der Waals surface area contributed by atoms with Gasteiger partial charge in [0.1, 0.15) is 5.71 Å². The molecule has 3 heteroatoms. The first kappa shape index (κ1) is 10.1. The zero-order chi connectivity index (χ0) is 8.85. The molecule has 0 aliphatic heterocycles. The van der Waals surface area contributed by atoms with E-state index < -0.39 is 5.97 Å². The minimum absolute atomic E-state index is 0.0578. The van der Waals surface area contributed by atoms with Crippen LogP contribution >= 0.6 is 0 Å².